The zero-order valence-corrected chi connectivity index (χ0v) is 20.8. The van der Waals surface area contributed by atoms with E-state index < -0.39 is 23.8 Å². The van der Waals surface area contributed by atoms with Gasteiger partial charge in [0.25, 0.3) is 0 Å². The Morgan fingerprint density at radius 1 is 1.03 bits per heavy atom. The summed E-state index contributed by atoms with van der Waals surface area (Å²) in [6.07, 6.45) is 5.65. The lowest BCUT2D eigenvalue weighted by Gasteiger charge is -2.28. The zero-order valence-electron chi connectivity index (χ0n) is 20.8. The lowest BCUT2D eigenvalue weighted by molar-refractivity contribution is 0.122. The Hall–Kier alpha value is -4.43. The van der Waals surface area contributed by atoms with Gasteiger partial charge < -0.3 is 14.5 Å². The van der Waals surface area contributed by atoms with Gasteiger partial charge in [-0.05, 0) is 48.6 Å². The van der Waals surface area contributed by atoms with Gasteiger partial charge >= 0.3 is 0 Å². The van der Waals surface area contributed by atoms with Gasteiger partial charge in [0.2, 0.25) is 0 Å². The fraction of sp³-hybridized carbons (Fsp3) is 0.286. The third kappa shape index (κ3) is 4.91. The number of benzene rings is 1. The first-order chi connectivity index (χ1) is 19.0. The van der Waals surface area contributed by atoms with Crippen LogP contribution in [0.2, 0.25) is 0 Å². The highest BCUT2D eigenvalue weighted by Gasteiger charge is 2.36. The molecule has 3 aromatic heterocycles. The number of hydrogen-bond donors (Lipinski definition) is 0. The fourth-order valence-corrected chi connectivity index (χ4v) is 5.10. The topological polar surface area (TPSA) is 82.6 Å². The molecule has 0 saturated carbocycles. The molecular formula is C28H24F3N7O. The van der Waals surface area contributed by atoms with Gasteiger partial charge in [-0.1, -0.05) is 0 Å². The summed E-state index contributed by atoms with van der Waals surface area (Å²) in [7, 11) is 0. The van der Waals surface area contributed by atoms with Crippen LogP contribution in [0.5, 0.6) is 0 Å². The van der Waals surface area contributed by atoms with Crippen LogP contribution in [-0.4, -0.2) is 58.6 Å². The second kappa shape index (κ2) is 10.4. The molecule has 0 spiro atoms. The van der Waals surface area contributed by atoms with Gasteiger partial charge in [-0.3, -0.25) is 4.98 Å². The maximum absolute atomic E-state index is 14.6. The monoisotopic (exact) mass is 531 g/mol. The van der Waals surface area contributed by atoms with Crippen molar-refractivity contribution in [2.24, 2.45) is 0 Å². The average molecular weight is 532 g/mol. The number of nitriles is 1. The molecule has 0 aliphatic carbocycles. The van der Waals surface area contributed by atoms with Crippen LogP contribution in [0.25, 0.3) is 17.8 Å². The number of imidazole rings is 1. The second-order valence-electron chi connectivity index (χ2n) is 9.48. The average Bonchev–Trinajstić information content (AvgIpc) is 3.56. The molecule has 39 heavy (non-hydrogen) atoms. The van der Waals surface area contributed by atoms with Crippen LogP contribution in [0.15, 0.2) is 48.8 Å². The van der Waals surface area contributed by atoms with E-state index in [4.69, 9.17) is 4.74 Å². The van der Waals surface area contributed by atoms with Crippen LogP contribution in [0.3, 0.4) is 0 Å². The minimum Gasteiger partial charge on any atom is -0.378 e. The molecule has 0 bridgehead atoms. The van der Waals surface area contributed by atoms with Gasteiger partial charge in [0.1, 0.15) is 29.7 Å². The van der Waals surface area contributed by atoms with Crippen molar-refractivity contribution < 1.29 is 17.9 Å². The number of hydrogen-bond acceptors (Lipinski definition) is 7. The van der Waals surface area contributed by atoms with Crippen molar-refractivity contribution in [1.29, 1.82) is 5.26 Å². The predicted molar refractivity (Wildman–Crippen MR) is 140 cm³/mol. The first-order valence-corrected chi connectivity index (χ1v) is 12.6. The highest BCUT2D eigenvalue weighted by Crippen LogP contribution is 2.38. The van der Waals surface area contributed by atoms with Crippen molar-refractivity contribution in [2.45, 2.75) is 18.6 Å². The van der Waals surface area contributed by atoms with Gasteiger partial charge in [-0.25, -0.2) is 22.7 Å². The van der Waals surface area contributed by atoms with Gasteiger partial charge in [-0.2, -0.15) is 5.26 Å². The van der Waals surface area contributed by atoms with Gasteiger partial charge in [-0.15, -0.1) is 5.10 Å². The minimum atomic E-state index is -1.21. The SMILES string of the molecule is N#Cc1cc(N2CCOCC2)cnc1/C=C/c1cnc2ccc(N3C[C@@H](F)C[C@@H]3c3cc(F)ccc3F)nn12. The first kappa shape index (κ1) is 24.9. The summed E-state index contributed by atoms with van der Waals surface area (Å²) in [4.78, 5) is 12.6. The Kier molecular flexibility index (Phi) is 6.62. The van der Waals surface area contributed by atoms with Crippen molar-refractivity contribution in [1.82, 2.24) is 19.6 Å². The van der Waals surface area contributed by atoms with E-state index in [9.17, 15) is 18.4 Å². The number of pyridine rings is 1. The van der Waals surface area contributed by atoms with Crippen LogP contribution in [-0.2, 0) is 4.74 Å². The van der Waals surface area contributed by atoms with Crippen molar-refractivity contribution in [3.63, 3.8) is 0 Å². The molecule has 198 valence electrons. The highest BCUT2D eigenvalue weighted by molar-refractivity contribution is 5.71. The largest absolute Gasteiger partial charge is 0.378 e. The van der Waals surface area contributed by atoms with Crippen molar-refractivity contribution in [3.8, 4) is 6.07 Å². The quantitative estimate of drug-likeness (QED) is 0.373. The standard InChI is InChI=1S/C28H24F3N7O/c29-19-1-3-24(31)23(12-19)26-13-20(30)17-37(26)28-6-5-27-34-15-21(38(27)35-28)2-4-25-18(14-32)11-22(16-33-25)36-7-9-39-10-8-36/h1-6,11-12,15-16,20,26H,7-10,13,17H2/b4-2+/t20-,26+/m0/s1. The Balaban J connectivity index is 1.30. The molecule has 2 fully saturated rings. The number of fused-ring (bicyclic) bond motifs is 1. The molecule has 2 atom stereocenters. The summed E-state index contributed by atoms with van der Waals surface area (Å²) in [5.41, 5.74) is 3.07. The summed E-state index contributed by atoms with van der Waals surface area (Å²) in [6, 6.07) is 9.97. The van der Waals surface area contributed by atoms with E-state index in [-0.39, 0.29) is 18.5 Å². The van der Waals surface area contributed by atoms with Crippen molar-refractivity contribution in [2.75, 3.05) is 42.6 Å². The van der Waals surface area contributed by atoms with Crippen molar-refractivity contribution in [3.05, 3.63) is 82.9 Å². The molecule has 2 saturated heterocycles. The summed E-state index contributed by atoms with van der Waals surface area (Å²) >= 11 is 0. The molecule has 0 amide bonds. The Bertz CT molecular complexity index is 1590. The summed E-state index contributed by atoms with van der Waals surface area (Å²) < 4.78 is 50.0. The number of anilines is 2. The molecule has 2 aliphatic rings. The number of halogens is 3. The van der Waals surface area contributed by atoms with Gasteiger partial charge in [0.05, 0.1) is 60.8 Å². The molecule has 8 nitrogen and oxygen atoms in total. The molecule has 0 radical (unpaired) electrons. The van der Waals surface area contributed by atoms with E-state index in [0.29, 0.717) is 41.6 Å². The van der Waals surface area contributed by atoms with Gasteiger partial charge in [0.15, 0.2) is 5.65 Å². The van der Waals surface area contributed by atoms with Gasteiger partial charge in [0, 0.05) is 25.1 Å². The summed E-state index contributed by atoms with van der Waals surface area (Å²) in [5, 5.41) is 14.4. The molecule has 11 heteroatoms. The maximum atomic E-state index is 14.6. The number of alkyl halides is 1. The lowest BCUT2D eigenvalue weighted by Crippen LogP contribution is -2.36. The molecule has 0 unspecified atom stereocenters. The van der Waals surface area contributed by atoms with Crippen molar-refractivity contribution >= 4 is 29.3 Å². The number of nitrogens with zero attached hydrogens (tertiary/aromatic N) is 7. The highest BCUT2D eigenvalue weighted by atomic mass is 19.1. The number of morpholine rings is 1. The van der Waals surface area contributed by atoms with E-state index >= 15 is 0 Å². The van der Waals surface area contributed by atoms with E-state index in [1.165, 1.54) is 0 Å². The Labute approximate surface area is 222 Å². The first-order valence-electron chi connectivity index (χ1n) is 12.6. The van der Waals surface area contributed by atoms with Crippen LogP contribution in [0.1, 0.15) is 35.0 Å². The molecule has 0 N–H and O–H groups in total. The summed E-state index contributed by atoms with van der Waals surface area (Å²) in [5.74, 6) is -0.759. The van der Waals surface area contributed by atoms with Crippen LogP contribution >= 0.6 is 0 Å². The molecule has 5 heterocycles. The van der Waals surface area contributed by atoms with E-state index in [2.05, 4.69) is 26.0 Å². The van der Waals surface area contributed by atoms with Crippen LogP contribution in [0, 0.1) is 23.0 Å². The predicted octanol–water partition coefficient (Wildman–Crippen LogP) is 4.57. The fourth-order valence-electron chi connectivity index (χ4n) is 5.10. The third-order valence-electron chi connectivity index (χ3n) is 7.05. The lowest BCUT2D eigenvalue weighted by atomic mass is 10.0. The normalized spacial score (nSPS) is 19.7. The zero-order chi connectivity index (χ0) is 26.9. The maximum Gasteiger partial charge on any atom is 0.154 e. The molecule has 4 aromatic rings. The Morgan fingerprint density at radius 2 is 1.87 bits per heavy atom. The number of rotatable bonds is 5. The van der Waals surface area contributed by atoms with Crippen LogP contribution in [0.4, 0.5) is 24.7 Å². The number of ether oxygens (including phenoxy) is 1. The van der Waals surface area contributed by atoms with E-state index in [1.807, 2.05) is 6.07 Å². The molecule has 6 rings (SSSR count). The van der Waals surface area contributed by atoms with E-state index in [1.54, 1.807) is 46.1 Å². The molecular weight excluding hydrogens is 507 g/mol. The van der Waals surface area contributed by atoms with E-state index in [0.717, 1.165) is 37.0 Å². The third-order valence-corrected chi connectivity index (χ3v) is 7.05. The molecule has 2 aliphatic heterocycles. The molecule has 1 aromatic carbocycles. The van der Waals surface area contributed by atoms with Crippen LogP contribution < -0.4 is 9.80 Å². The number of aromatic nitrogens is 4. The Morgan fingerprint density at radius 3 is 2.69 bits per heavy atom. The smallest absolute Gasteiger partial charge is 0.154 e. The summed E-state index contributed by atoms with van der Waals surface area (Å²) in [6.45, 7) is 2.75. The minimum absolute atomic E-state index is 0.00391. The second-order valence-corrected chi connectivity index (χ2v) is 9.48.